The molecule has 0 radical (unpaired) electrons. The topological polar surface area (TPSA) is 120 Å². The summed E-state index contributed by atoms with van der Waals surface area (Å²) in [7, 11) is -3.01. The van der Waals surface area contributed by atoms with Gasteiger partial charge < -0.3 is 9.84 Å². The fourth-order valence-corrected chi connectivity index (χ4v) is 5.59. The number of hydrogen-bond acceptors (Lipinski definition) is 6. The van der Waals surface area contributed by atoms with Crippen molar-refractivity contribution in [3.8, 4) is 5.75 Å². The number of methoxy groups -OCH3 is 1. The molecule has 2 bridgehead atoms. The van der Waals surface area contributed by atoms with Crippen molar-refractivity contribution in [2.75, 3.05) is 20.2 Å². The van der Waals surface area contributed by atoms with Crippen LogP contribution in [-0.2, 0) is 14.0 Å². The molecule has 5 rings (SSSR count). The van der Waals surface area contributed by atoms with Crippen LogP contribution >= 0.6 is 22.6 Å². The van der Waals surface area contributed by atoms with E-state index >= 15 is 0 Å². The summed E-state index contributed by atoms with van der Waals surface area (Å²) in [5.41, 5.74) is 1.80. The van der Waals surface area contributed by atoms with E-state index < -0.39 is 14.0 Å². The number of nitrogens with zero attached hydrogens (tertiary/aromatic N) is 2. The van der Waals surface area contributed by atoms with Crippen molar-refractivity contribution in [3.63, 3.8) is 0 Å². The van der Waals surface area contributed by atoms with Crippen LogP contribution in [0.4, 0.5) is 0 Å². The first-order valence-corrected chi connectivity index (χ1v) is 11.9. The van der Waals surface area contributed by atoms with Crippen LogP contribution in [0.15, 0.2) is 43.1 Å². The zero-order valence-electron chi connectivity index (χ0n) is 16.5. The third kappa shape index (κ3) is 5.11. The van der Waals surface area contributed by atoms with Crippen LogP contribution in [0.1, 0.15) is 18.4 Å². The highest BCUT2D eigenvalue weighted by molar-refractivity contribution is 14.1. The monoisotopic (exact) mass is 548 g/mol. The molecule has 0 aliphatic carbocycles. The molecule has 3 saturated heterocycles. The Balaban J connectivity index is 0.000000461. The minimum atomic E-state index is -4.67. The molecule has 0 saturated carbocycles. The lowest BCUT2D eigenvalue weighted by Crippen LogP contribution is -2.59. The van der Waals surface area contributed by atoms with Crippen LogP contribution in [0.25, 0.3) is 10.9 Å². The van der Waals surface area contributed by atoms with Crippen molar-refractivity contribution in [1.82, 2.24) is 9.88 Å². The molecule has 1 aromatic carbocycles. The number of halogens is 1. The Morgan fingerprint density at radius 2 is 2.07 bits per heavy atom. The van der Waals surface area contributed by atoms with Gasteiger partial charge in [0.1, 0.15) is 5.75 Å². The molecule has 1 unspecified atom stereocenters. The Labute approximate surface area is 189 Å². The molecule has 10 heteroatoms. The van der Waals surface area contributed by atoms with Gasteiger partial charge in [-0.2, -0.15) is 8.42 Å². The number of piperidine rings is 3. The molecule has 164 valence electrons. The summed E-state index contributed by atoms with van der Waals surface area (Å²) >= 11 is 2.23. The summed E-state index contributed by atoms with van der Waals surface area (Å²) < 4.78 is 36.0. The van der Waals surface area contributed by atoms with E-state index in [1.807, 2.05) is 24.3 Å². The van der Waals surface area contributed by atoms with Crippen molar-refractivity contribution in [1.29, 1.82) is 0 Å². The number of rotatable bonds is 4. The molecule has 1 aromatic heterocycles. The van der Waals surface area contributed by atoms with E-state index in [4.69, 9.17) is 22.3 Å². The quantitative estimate of drug-likeness (QED) is 0.231. The van der Waals surface area contributed by atoms with E-state index in [0.29, 0.717) is 11.8 Å². The van der Waals surface area contributed by atoms with E-state index in [2.05, 4.69) is 45.1 Å². The normalized spacial score (nSPS) is 27.6. The molecule has 3 fully saturated rings. The minimum Gasteiger partial charge on any atom is -0.497 e. The number of pyridine rings is 1. The number of hydrogen-bond donors (Lipinski definition) is 3. The third-order valence-electron chi connectivity index (χ3n) is 5.88. The van der Waals surface area contributed by atoms with Gasteiger partial charge >= 0.3 is 10.4 Å². The van der Waals surface area contributed by atoms with Crippen LogP contribution in [0.2, 0.25) is 0 Å². The number of ether oxygens (including phenoxy) is 1. The maximum atomic E-state index is 11.6. The van der Waals surface area contributed by atoms with E-state index in [1.54, 1.807) is 13.3 Å². The summed E-state index contributed by atoms with van der Waals surface area (Å²) in [6, 6.07) is 7.89. The molecule has 0 spiro atoms. The molecular weight excluding hydrogens is 523 g/mol. The van der Waals surface area contributed by atoms with Gasteiger partial charge in [0.05, 0.1) is 18.7 Å². The van der Waals surface area contributed by atoms with Gasteiger partial charge in [0.25, 0.3) is 0 Å². The Kier molecular flexibility index (Phi) is 7.04. The summed E-state index contributed by atoms with van der Waals surface area (Å²) in [4.78, 5) is 6.89. The second kappa shape index (κ2) is 9.05. The van der Waals surface area contributed by atoms with Crippen molar-refractivity contribution in [2.24, 2.45) is 11.8 Å². The van der Waals surface area contributed by atoms with Crippen molar-refractivity contribution in [2.45, 2.75) is 22.5 Å². The molecule has 3 N–H and O–H groups in total. The molecule has 3 aliphatic rings. The van der Waals surface area contributed by atoms with Crippen LogP contribution in [0.5, 0.6) is 5.75 Å². The molecule has 4 heterocycles. The zero-order valence-corrected chi connectivity index (χ0v) is 19.5. The summed E-state index contributed by atoms with van der Waals surface area (Å²) in [5.74, 6) is 1.95. The number of alkyl halides is 1. The van der Waals surface area contributed by atoms with Gasteiger partial charge in [-0.3, -0.25) is 19.0 Å². The fraction of sp³-hybridized carbons (Fsp3) is 0.450. The highest BCUT2D eigenvalue weighted by atomic mass is 127. The van der Waals surface area contributed by atoms with E-state index in [9.17, 15) is 5.11 Å². The van der Waals surface area contributed by atoms with E-state index in [1.165, 1.54) is 6.42 Å². The van der Waals surface area contributed by atoms with Crippen molar-refractivity contribution >= 4 is 43.9 Å². The van der Waals surface area contributed by atoms with Crippen LogP contribution in [0, 0.1) is 11.8 Å². The highest BCUT2D eigenvalue weighted by Gasteiger charge is 2.48. The average Bonchev–Trinajstić information content (AvgIpc) is 2.71. The third-order valence-corrected chi connectivity index (χ3v) is 7.18. The minimum absolute atomic E-state index is 0.111. The van der Waals surface area contributed by atoms with E-state index in [0.717, 1.165) is 41.7 Å². The number of aliphatic hydroxyl groups is 1. The van der Waals surface area contributed by atoms with Crippen LogP contribution in [-0.4, -0.2) is 58.8 Å². The smallest absolute Gasteiger partial charge is 0.394 e. The zero-order chi connectivity index (χ0) is 22.1. The Bertz CT molecular complexity index is 1020. The first-order chi connectivity index (χ1) is 14.0. The molecule has 8 nitrogen and oxygen atoms in total. The molecule has 3 aliphatic heterocycles. The lowest BCUT2D eigenvalue weighted by atomic mass is 9.73. The Morgan fingerprint density at radius 3 is 2.63 bits per heavy atom. The van der Waals surface area contributed by atoms with Gasteiger partial charge in [-0.15, -0.1) is 6.58 Å². The molecule has 0 amide bonds. The van der Waals surface area contributed by atoms with Gasteiger partial charge in [-0.25, -0.2) is 0 Å². The second-order valence-electron chi connectivity index (χ2n) is 7.56. The molecule has 2 aromatic rings. The SMILES string of the molecule is C=C[C@H]1CN2CC[C@H]1C[C@H]2[C@@](O)(I)c1ccnc2ccc(OC)cc12.O=S(=O)(O)O. The first-order valence-electron chi connectivity index (χ1n) is 9.45. The standard InChI is InChI=1S/C20H23IN2O2.H2O4S/c1-3-13-12-23-9-7-14(13)10-19(23)20(21,24)17-6-8-22-18-5-4-15(25-2)11-16(17)18;1-5(2,3)4/h3-6,8,11,13-14,19,24H,1,7,9-10,12H2,2H3;(H2,1,2,3,4)/t13-,14-,19-,20+;/m0./s1. The number of aromatic nitrogens is 1. The summed E-state index contributed by atoms with van der Waals surface area (Å²) in [5, 5.41) is 12.6. The first kappa shape index (κ1) is 23.4. The summed E-state index contributed by atoms with van der Waals surface area (Å²) in [6.07, 6.45) is 6.08. The molecule has 30 heavy (non-hydrogen) atoms. The van der Waals surface area contributed by atoms with Gasteiger partial charge in [-0.1, -0.05) is 6.08 Å². The van der Waals surface area contributed by atoms with Gasteiger partial charge in [0, 0.05) is 23.7 Å². The molecular formula is C20H25IN2O6S. The number of benzene rings is 1. The highest BCUT2D eigenvalue weighted by Crippen LogP contribution is 2.47. The lowest BCUT2D eigenvalue weighted by molar-refractivity contribution is -0.0530. The second-order valence-corrected chi connectivity index (χ2v) is 10.1. The average molecular weight is 548 g/mol. The van der Waals surface area contributed by atoms with Gasteiger partial charge in [0.15, 0.2) is 3.61 Å². The largest absolute Gasteiger partial charge is 0.497 e. The maximum Gasteiger partial charge on any atom is 0.394 e. The predicted octanol–water partition coefficient (Wildman–Crippen LogP) is 3.07. The summed E-state index contributed by atoms with van der Waals surface area (Å²) in [6.45, 7) is 6.04. The van der Waals surface area contributed by atoms with Crippen molar-refractivity contribution < 1.29 is 27.4 Å². The van der Waals surface area contributed by atoms with E-state index in [-0.39, 0.29) is 6.04 Å². The lowest BCUT2D eigenvalue weighted by Gasteiger charge is -2.53. The van der Waals surface area contributed by atoms with Crippen LogP contribution in [0.3, 0.4) is 0 Å². The van der Waals surface area contributed by atoms with Crippen LogP contribution < -0.4 is 4.74 Å². The van der Waals surface area contributed by atoms with Gasteiger partial charge in [-0.05, 0) is 78.1 Å². The fourth-order valence-electron chi connectivity index (χ4n) is 4.47. The van der Waals surface area contributed by atoms with Gasteiger partial charge in [0.2, 0.25) is 0 Å². The maximum absolute atomic E-state index is 11.6. The Morgan fingerprint density at radius 1 is 1.37 bits per heavy atom. The molecule has 5 atom stereocenters. The Hall–Kier alpha value is -1.31. The van der Waals surface area contributed by atoms with Crippen molar-refractivity contribution in [3.05, 3.63) is 48.7 Å². The number of fused-ring (bicyclic) bond motifs is 4. The predicted molar refractivity (Wildman–Crippen MR) is 122 cm³/mol.